The molecule has 0 aliphatic heterocycles. The maximum Gasteiger partial charge on any atom is 0.573 e. The number of hydrogen-bond donors (Lipinski definition) is 0. The molecule has 4 aromatic rings. The Labute approximate surface area is 301 Å². The number of hydrogen-bond acceptors (Lipinski definition) is 11. The number of carbonyl (C=O) groups is 3. The van der Waals surface area contributed by atoms with E-state index in [4.69, 9.17) is 23.7 Å². The maximum absolute atomic E-state index is 14.3. The fourth-order valence-electron chi connectivity index (χ4n) is 4.89. The average molecular weight is 752 g/mol. The van der Waals surface area contributed by atoms with Gasteiger partial charge in [0, 0.05) is 54.7 Å². The molecular formula is C36H38F5N3O9. The third-order valence-electron chi connectivity index (χ3n) is 7.23. The average Bonchev–Trinajstić information content (AvgIpc) is 3.08. The number of fused-ring (bicyclic) bond motifs is 3. The number of alkyl halides is 3. The molecular weight excluding hydrogens is 713 g/mol. The molecule has 0 bridgehead atoms. The van der Waals surface area contributed by atoms with E-state index in [0.29, 0.717) is 41.3 Å². The van der Waals surface area contributed by atoms with Crippen molar-refractivity contribution in [3.63, 3.8) is 0 Å². The lowest BCUT2D eigenvalue weighted by atomic mass is 10.1. The van der Waals surface area contributed by atoms with Crippen LogP contribution in [0.1, 0.15) is 62.9 Å². The SMILES string of the molecule is CCC(=O)OCOC(=O)c1ccc2c(c1)nc(OCCOCCCCN(Cc1cc(F)c(OC(F)(F)F)c(F)c1)C(=O)OC(C)(C)C)c1ccncc12. The van der Waals surface area contributed by atoms with Crippen molar-refractivity contribution >= 4 is 39.7 Å². The van der Waals surface area contributed by atoms with Crippen molar-refractivity contribution in [3.05, 3.63) is 71.6 Å². The van der Waals surface area contributed by atoms with E-state index in [1.165, 1.54) is 11.0 Å². The van der Waals surface area contributed by atoms with Gasteiger partial charge in [-0.05, 0) is 69.5 Å². The maximum atomic E-state index is 14.3. The topological polar surface area (TPSA) is 136 Å². The van der Waals surface area contributed by atoms with Crippen LogP contribution in [0.15, 0.2) is 48.8 Å². The lowest BCUT2D eigenvalue weighted by Gasteiger charge is -2.27. The molecule has 4 rings (SSSR count). The molecule has 0 N–H and O–H groups in total. The molecule has 17 heteroatoms. The zero-order valence-electron chi connectivity index (χ0n) is 29.4. The minimum absolute atomic E-state index is 0.0826. The number of nitrogens with zero attached hydrogens (tertiary/aromatic N) is 3. The highest BCUT2D eigenvalue weighted by atomic mass is 19.4. The van der Waals surface area contributed by atoms with Crippen molar-refractivity contribution in [1.29, 1.82) is 0 Å². The zero-order valence-corrected chi connectivity index (χ0v) is 29.4. The molecule has 0 saturated heterocycles. The number of rotatable bonds is 16. The van der Waals surface area contributed by atoms with Gasteiger partial charge in [0.1, 0.15) is 12.2 Å². The fourth-order valence-corrected chi connectivity index (χ4v) is 4.89. The van der Waals surface area contributed by atoms with Crippen molar-refractivity contribution in [2.45, 2.75) is 65.5 Å². The number of amides is 1. The number of carbonyl (C=O) groups excluding carboxylic acids is 3. The summed E-state index contributed by atoms with van der Waals surface area (Å²) in [5, 5.41) is 2.13. The summed E-state index contributed by atoms with van der Waals surface area (Å²) in [6.45, 7) is 6.28. The van der Waals surface area contributed by atoms with Crippen LogP contribution in [0.25, 0.3) is 21.7 Å². The summed E-state index contributed by atoms with van der Waals surface area (Å²) < 4.78 is 96.6. The van der Waals surface area contributed by atoms with Gasteiger partial charge < -0.3 is 33.3 Å². The van der Waals surface area contributed by atoms with E-state index in [1.54, 1.807) is 58.3 Å². The molecule has 2 aromatic heterocycles. The monoisotopic (exact) mass is 751 g/mol. The van der Waals surface area contributed by atoms with Crippen molar-refractivity contribution in [1.82, 2.24) is 14.9 Å². The molecule has 0 spiro atoms. The molecule has 0 saturated carbocycles. The minimum atomic E-state index is -5.29. The molecule has 0 radical (unpaired) electrons. The first-order valence-electron chi connectivity index (χ1n) is 16.5. The Bertz CT molecular complexity index is 1890. The van der Waals surface area contributed by atoms with Gasteiger partial charge in [0.25, 0.3) is 0 Å². The van der Waals surface area contributed by atoms with Crippen molar-refractivity contribution < 1.29 is 64.8 Å². The second kappa shape index (κ2) is 17.9. The molecule has 0 aliphatic rings. The molecule has 0 aliphatic carbocycles. The quantitative estimate of drug-likeness (QED) is 0.0367. The molecule has 53 heavy (non-hydrogen) atoms. The van der Waals surface area contributed by atoms with Crippen molar-refractivity contribution in [2.24, 2.45) is 0 Å². The van der Waals surface area contributed by atoms with Gasteiger partial charge in [0.2, 0.25) is 18.4 Å². The first kappa shape index (κ1) is 40.5. The highest BCUT2D eigenvalue weighted by Crippen LogP contribution is 2.32. The molecule has 2 heterocycles. The largest absolute Gasteiger partial charge is 0.573 e. The van der Waals surface area contributed by atoms with Crippen LogP contribution in [0.3, 0.4) is 0 Å². The van der Waals surface area contributed by atoms with Crippen LogP contribution in [0.2, 0.25) is 0 Å². The third kappa shape index (κ3) is 12.1. The van der Waals surface area contributed by atoms with Crippen LogP contribution in [0, 0.1) is 11.6 Å². The van der Waals surface area contributed by atoms with Crippen LogP contribution >= 0.6 is 0 Å². The molecule has 286 valence electrons. The second-order valence-electron chi connectivity index (χ2n) is 12.5. The van der Waals surface area contributed by atoms with Crippen molar-refractivity contribution in [3.8, 4) is 11.6 Å². The Hall–Kier alpha value is -5.32. The predicted octanol–water partition coefficient (Wildman–Crippen LogP) is 7.64. The number of benzene rings is 2. The molecule has 1 amide bonds. The van der Waals surface area contributed by atoms with Gasteiger partial charge in [0.15, 0.2) is 11.6 Å². The normalized spacial score (nSPS) is 11.7. The fraction of sp³-hybridized carbons (Fsp3) is 0.417. The van der Waals surface area contributed by atoms with E-state index >= 15 is 0 Å². The summed E-state index contributed by atoms with van der Waals surface area (Å²) in [5.41, 5.74) is -0.369. The van der Waals surface area contributed by atoms with E-state index in [2.05, 4.69) is 14.7 Å². The molecule has 0 atom stereocenters. The highest BCUT2D eigenvalue weighted by Gasteiger charge is 2.34. The first-order valence-corrected chi connectivity index (χ1v) is 16.5. The Morgan fingerprint density at radius 1 is 0.868 bits per heavy atom. The van der Waals surface area contributed by atoms with Gasteiger partial charge in [-0.2, -0.15) is 0 Å². The molecule has 0 fully saturated rings. The highest BCUT2D eigenvalue weighted by molar-refractivity contribution is 6.08. The third-order valence-corrected chi connectivity index (χ3v) is 7.23. The summed E-state index contributed by atoms with van der Waals surface area (Å²) in [6.07, 6.45) is -1.85. The molecule has 2 aromatic carbocycles. The van der Waals surface area contributed by atoms with Crippen LogP contribution in [-0.2, 0) is 30.3 Å². The van der Waals surface area contributed by atoms with Gasteiger partial charge in [-0.1, -0.05) is 13.0 Å². The van der Waals surface area contributed by atoms with E-state index < -0.39 is 54.2 Å². The number of esters is 2. The summed E-state index contributed by atoms with van der Waals surface area (Å²) in [7, 11) is 0. The van der Waals surface area contributed by atoms with Crippen LogP contribution in [0.4, 0.5) is 26.7 Å². The van der Waals surface area contributed by atoms with Crippen LogP contribution < -0.4 is 9.47 Å². The van der Waals surface area contributed by atoms with E-state index in [9.17, 15) is 36.3 Å². The van der Waals surface area contributed by atoms with Crippen LogP contribution in [-0.4, -0.2) is 78.0 Å². The van der Waals surface area contributed by atoms with E-state index in [0.717, 1.165) is 5.39 Å². The standard InChI is InChI=1S/C36H38F5N3O9/c1-5-30(45)50-21-51-33(46)23-8-9-24-26-19-42-11-10-25(26)32(43-29(24)18-23)49-15-14-48-13-7-6-12-44(34(47)53-35(2,3)4)20-22-16-27(37)31(28(38)17-22)52-36(39,40)41/h8-11,16-19H,5-7,12-15,20-21H2,1-4H3. The number of unbranched alkanes of at least 4 members (excludes halogenated alkanes) is 1. The van der Waals surface area contributed by atoms with E-state index in [1.807, 2.05) is 0 Å². The number of pyridine rings is 2. The van der Waals surface area contributed by atoms with Gasteiger partial charge in [-0.25, -0.2) is 23.4 Å². The molecule has 0 unspecified atom stereocenters. The smallest absolute Gasteiger partial charge is 0.475 e. The lowest BCUT2D eigenvalue weighted by Crippen LogP contribution is -2.37. The Balaban J connectivity index is 1.32. The first-order chi connectivity index (χ1) is 25.0. The minimum Gasteiger partial charge on any atom is -0.475 e. The van der Waals surface area contributed by atoms with Crippen molar-refractivity contribution in [2.75, 3.05) is 33.2 Å². The summed E-state index contributed by atoms with van der Waals surface area (Å²) >= 11 is 0. The number of halogens is 5. The number of ether oxygens (including phenoxy) is 6. The summed E-state index contributed by atoms with van der Waals surface area (Å²) in [5.74, 6) is -5.66. The number of aromatic nitrogens is 2. The predicted molar refractivity (Wildman–Crippen MR) is 179 cm³/mol. The van der Waals surface area contributed by atoms with Gasteiger partial charge in [-0.15, -0.1) is 13.2 Å². The zero-order chi connectivity index (χ0) is 38.8. The van der Waals surface area contributed by atoms with Gasteiger partial charge in [0.05, 0.1) is 17.7 Å². The summed E-state index contributed by atoms with van der Waals surface area (Å²) in [4.78, 5) is 46.7. The lowest BCUT2D eigenvalue weighted by molar-refractivity contribution is -0.276. The summed E-state index contributed by atoms with van der Waals surface area (Å²) in [6, 6.07) is 7.87. The Morgan fingerprint density at radius 2 is 1.60 bits per heavy atom. The van der Waals surface area contributed by atoms with Crippen LogP contribution in [0.5, 0.6) is 11.6 Å². The van der Waals surface area contributed by atoms with Gasteiger partial charge in [-0.3, -0.25) is 9.78 Å². The second-order valence-corrected chi connectivity index (χ2v) is 12.5. The molecule has 12 nitrogen and oxygen atoms in total. The van der Waals surface area contributed by atoms with E-state index in [-0.39, 0.29) is 56.3 Å². The Kier molecular flexibility index (Phi) is 13.7. The van der Waals surface area contributed by atoms with Gasteiger partial charge >= 0.3 is 24.4 Å². The Morgan fingerprint density at radius 3 is 2.28 bits per heavy atom.